The molecule has 0 aliphatic heterocycles. The summed E-state index contributed by atoms with van der Waals surface area (Å²) in [6.45, 7) is 1.87. The lowest BCUT2D eigenvalue weighted by Gasteiger charge is -2.12. The van der Waals surface area contributed by atoms with Crippen molar-refractivity contribution < 1.29 is 12.8 Å². The number of thioether (sulfide) groups is 1. The molecule has 0 heterocycles. The average molecular weight is 359 g/mol. The van der Waals surface area contributed by atoms with Crippen LogP contribution >= 0.6 is 23.4 Å². The standard InChI is InChI=1S/C16H16ClFO2S2/c1-12(15-4-2-3-5-16(15)18)21-10-11-22(19,20)14-8-6-13(17)7-9-14/h2-9,12H,10-11H2,1H3. The Morgan fingerprint density at radius 1 is 1.14 bits per heavy atom. The summed E-state index contributed by atoms with van der Waals surface area (Å²) in [6, 6.07) is 12.7. The lowest BCUT2D eigenvalue weighted by atomic mass is 10.1. The molecule has 0 aliphatic carbocycles. The molecule has 0 amide bonds. The second kappa shape index (κ2) is 7.49. The summed E-state index contributed by atoms with van der Waals surface area (Å²) in [5, 5.41) is 0.406. The molecule has 0 aliphatic rings. The Morgan fingerprint density at radius 2 is 1.77 bits per heavy atom. The quantitative estimate of drug-likeness (QED) is 0.747. The molecule has 22 heavy (non-hydrogen) atoms. The van der Waals surface area contributed by atoms with Crippen molar-refractivity contribution in [3.05, 3.63) is 64.9 Å². The van der Waals surface area contributed by atoms with Crippen molar-refractivity contribution in [3.63, 3.8) is 0 Å². The van der Waals surface area contributed by atoms with Crippen LogP contribution in [0, 0.1) is 5.82 Å². The molecular weight excluding hydrogens is 343 g/mol. The average Bonchev–Trinajstić information content (AvgIpc) is 2.48. The van der Waals surface area contributed by atoms with Crippen molar-refractivity contribution >= 4 is 33.2 Å². The fourth-order valence-corrected chi connectivity index (χ4v) is 4.89. The normalized spacial score (nSPS) is 13.0. The Balaban J connectivity index is 1.95. The highest BCUT2D eigenvalue weighted by Gasteiger charge is 2.16. The zero-order chi connectivity index (χ0) is 16.2. The number of hydrogen-bond donors (Lipinski definition) is 0. The van der Waals surface area contributed by atoms with Crippen LogP contribution in [-0.4, -0.2) is 19.9 Å². The Hall–Kier alpha value is -1.04. The van der Waals surface area contributed by atoms with E-state index in [9.17, 15) is 12.8 Å². The van der Waals surface area contributed by atoms with E-state index in [0.717, 1.165) is 0 Å². The molecule has 0 bridgehead atoms. The molecule has 1 unspecified atom stereocenters. The van der Waals surface area contributed by atoms with Gasteiger partial charge in [0.25, 0.3) is 0 Å². The smallest absolute Gasteiger partial charge is 0.179 e. The molecule has 0 spiro atoms. The highest BCUT2D eigenvalue weighted by atomic mass is 35.5. The van der Waals surface area contributed by atoms with Gasteiger partial charge >= 0.3 is 0 Å². The molecule has 118 valence electrons. The van der Waals surface area contributed by atoms with Crippen molar-refractivity contribution in [2.24, 2.45) is 0 Å². The first kappa shape index (κ1) is 17.3. The molecule has 0 N–H and O–H groups in total. The topological polar surface area (TPSA) is 34.1 Å². The summed E-state index contributed by atoms with van der Waals surface area (Å²) in [4.78, 5) is 0.260. The van der Waals surface area contributed by atoms with Crippen LogP contribution in [0.5, 0.6) is 0 Å². The maximum atomic E-state index is 13.7. The molecule has 2 aromatic carbocycles. The molecule has 0 fully saturated rings. The summed E-state index contributed by atoms with van der Waals surface area (Å²) in [5.41, 5.74) is 0.594. The zero-order valence-corrected chi connectivity index (χ0v) is 14.4. The van der Waals surface area contributed by atoms with Gasteiger partial charge in [-0.3, -0.25) is 0 Å². The number of rotatable bonds is 6. The second-order valence-corrected chi connectivity index (χ2v) is 8.80. The van der Waals surface area contributed by atoms with Crippen molar-refractivity contribution in [2.45, 2.75) is 17.1 Å². The molecule has 6 heteroatoms. The SMILES string of the molecule is CC(SCCS(=O)(=O)c1ccc(Cl)cc1)c1ccccc1F. The Bertz CT molecular complexity index is 730. The van der Waals surface area contributed by atoms with Gasteiger partial charge < -0.3 is 0 Å². The third-order valence-corrected chi connectivity index (χ3v) is 6.67. The predicted octanol–water partition coefficient (Wildman–Crippen LogP) is 4.75. The second-order valence-electron chi connectivity index (χ2n) is 4.81. The molecule has 2 rings (SSSR count). The Kier molecular flexibility index (Phi) is 5.89. The van der Waals surface area contributed by atoms with Gasteiger partial charge in [0.05, 0.1) is 10.6 Å². The number of benzene rings is 2. The van der Waals surface area contributed by atoms with Crippen LogP contribution in [0.15, 0.2) is 53.4 Å². The van der Waals surface area contributed by atoms with E-state index in [1.165, 1.54) is 30.0 Å². The minimum Gasteiger partial charge on any atom is -0.224 e. The van der Waals surface area contributed by atoms with E-state index in [1.54, 1.807) is 30.3 Å². The lowest BCUT2D eigenvalue weighted by molar-refractivity contribution is 0.597. The van der Waals surface area contributed by atoms with E-state index in [4.69, 9.17) is 11.6 Å². The first-order chi connectivity index (χ1) is 10.4. The Morgan fingerprint density at radius 3 is 2.41 bits per heavy atom. The largest absolute Gasteiger partial charge is 0.224 e. The van der Waals surface area contributed by atoms with Gasteiger partial charge in [-0.2, -0.15) is 11.8 Å². The molecule has 0 saturated carbocycles. The summed E-state index contributed by atoms with van der Waals surface area (Å²) in [6.07, 6.45) is 0. The molecule has 0 aromatic heterocycles. The predicted molar refractivity (Wildman–Crippen MR) is 90.8 cm³/mol. The van der Waals surface area contributed by atoms with E-state index < -0.39 is 9.84 Å². The van der Waals surface area contributed by atoms with E-state index in [1.807, 2.05) is 6.92 Å². The van der Waals surface area contributed by atoms with E-state index >= 15 is 0 Å². The van der Waals surface area contributed by atoms with Gasteiger partial charge in [0.2, 0.25) is 0 Å². The maximum Gasteiger partial charge on any atom is 0.179 e. The Labute approximate surface area is 139 Å². The molecule has 0 radical (unpaired) electrons. The summed E-state index contributed by atoms with van der Waals surface area (Å²) in [7, 11) is -3.34. The monoisotopic (exact) mass is 358 g/mol. The third kappa shape index (κ3) is 4.48. The minimum absolute atomic E-state index is 0.0120. The van der Waals surface area contributed by atoms with Crippen molar-refractivity contribution in [2.75, 3.05) is 11.5 Å². The first-order valence-corrected chi connectivity index (χ1v) is 9.82. The zero-order valence-electron chi connectivity index (χ0n) is 12.0. The van der Waals surface area contributed by atoms with Gasteiger partial charge in [-0.15, -0.1) is 0 Å². The van der Waals surface area contributed by atoms with Crippen LogP contribution in [0.3, 0.4) is 0 Å². The van der Waals surface area contributed by atoms with Crippen LogP contribution in [0.25, 0.3) is 0 Å². The van der Waals surface area contributed by atoms with Gasteiger partial charge in [-0.1, -0.05) is 29.8 Å². The van der Waals surface area contributed by atoms with E-state index in [2.05, 4.69) is 0 Å². The van der Waals surface area contributed by atoms with E-state index in [-0.39, 0.29) is 21.7 Å². The maximum absolute atomic E-state index is 13.7. The van der Waals surface area contributed by atoms with Crippen molar-refractivity contribution in [1.29, 1.82) is 0 Å². The van der Waals surface area contributed by atoms with Crippen LogP contribution in [0.4, 0.5) is 4.39 Å². The van der Waals surface area contributed by atoms with Crippen molar-refractivity contribution in [1.82, 2.24) is 0 Å². The number of hydrogen-bond acceptors (Lipinski definition) is 3. The van der Waals surface area contributed by atoms with Crippen molar-refractivity contribution in [3.8, 4) is 0 Å². The van der Waals surface area contributed by atoms with E-state index in [0.29, 0.717) is 16.3 Å². The van der Waals surface area contributed by atoms with Crippen LogP contribution < -0.4 is 0 Å². The van der Waals surface area contributed by atoms with Gasteiger partial charge in [-0.05, 0) is 37.3 Å². The van der Waals surface area contributed by atoms with Crippen LogP contribution in [0.1, 0.15) is 17.7 Å². The highest BCUT2D eigenvalue weighted by Crippen LogP contribution is 2.30. The summed E-state index contributed by atoms with van der Waals surface area (Å²) < 4.78 is 38.1. The molecule has 2 aromatic rings. The van der Waals surface area contributed by atoms with Gasteiger partial charge in [0, 0.05) is 21.6 Å². The fourth-order valence-electron chi connectivity index (χ4n) is 1.99. The molecule has 0 saturated heterocycles. The molecular formula is C16H16ClFO2S2. The lowest BCUT2D eigenvalue weighted by Crippen LogP contribution is -2.09. The van der Waals surface area contributed by atoms with Gasteiger partial charge in [-0.25, -0.2) is 12.8 Å². The highest BCUT2D eigenvalue weighted by molar-refractivity contribution is 8.00. The number of sulfone groups is 1. The summed E-state index contributed by atoms with van der Waals surface area (Å²) in [5.74, 6) is 0.154. The third-order valence-electron chi connectivity index (χ3n) is 3.24. The molecule has 1 atom stereocenters. The number of halogens is 2. The minimum atomic E-state index is -3.34. The van der Waals surface area contributed by atoms with Crippen LogP contribution in [-0.2, 0) is 9.84 Å². The van der Waals surface area contributed by atoms with Gasteiger partial charge in [0.15, 0.2) is 9.84 Å². The fraction of sp³-hybridized carbons (Fsp3) is 0.250. The van der Waals surface area contributed by atoms with Crippen LogP contribution in [0.2, 0.25) is 5.02 Å². The van der Waals surface area contributed by atoms with Gasteiger partial charge in [0.1, 0.15) is 5.82 Å². The first-order valence-electron chi connectivity index (χ1n) is 6.74. The summed E-state index contributed by atoms with van der Waals surface area (Å²) >= 11 is 7.18. The molecule has 2 nitrogen and oxygen atoms in total.